The van der Waals surface area contributed by atoms with Gasteiger partial charge in [0.25, 0.3) is 0 Å². The van der Waals surface area contributed by atoms with Crippen molar-refractivity contribution >= 4 is 33.3 Å². The lowest BCUT2D eigenvalue weighted by Crippen LogP contribution is -2.09. The van der Waals surface area contributed by atoms with Gasteiger partial charge in [0.15, 0.2) is 11.6 Å². The lowest BCUT2D eigenvalue weighted by molar-refractivity contribution is 0.0844. The van der Waals surface area contributed by atoms with Crippen molar-refractivity contribution in [2.45, 2.75) is 0 Å². The first-order valence-electron chi connectivity index (χ1n) is 3.73. The number of ketones is 1. The first kappa shape index (κ1) is 11.6. The largest absolute Gasteiger partial charge is 0.377 e. The van der Waals surface area contributed by atoms with Gasteiger partial charge in [0, 0.05) is 11.6 Å². The van der Waals surface area contributed by atoms with Gasteiger partial charge >= 0.3 is 0 Å². The smallest absolute Gasteiger partial charge is 0.191 e. The fourth-order valence-corrected chi connectivity index (χ4v) is 1.42. The number of ether oxygens (including phenoxy) is 1. The van der Waals surface area contributed by atoms with Crippen LogP contribution in [0.25, 0.3) is 0 Å². The second kappa shape index (κ2) is 4.87. The third-order valence-electron chi connectivity index (χ3n) is 1.61. The van der Waals surface area contributed by atoms with E-state index in [1.54, 1.807) is 0 Å². The average molecular weight is 282 g/mol. The number of carbonyl (C=O) groups is 1. The molecule has 1 aromatic rings. The molecule has 0 aromatic heterocycles. The third-order valence-corrected chi connectivity index (χ3v) is 2.87. The fraction of sp³-hybridized carbons (Fsp3) is 0.222. The topological polar surface area (TPSA) is 26.3 Å². The monoisotopic (exact) mass is 280 g/mol. The molecule has 0 saturated heterocycles. The van der Waals surface area contributed by atoms with E-state index in [-0.39, 0.29) is 17.2 Å². The summed E-state index contributed by atoms with van der Waals surface area (Å²) in [5.41, 5.74) is -0.0555. The van der Waals surface area contributed by atoms with Crippen LogP contribution < -0.4 is 0 Å². The maximum absolute atomic E-state index is 13.4. The Hall–Kier alpha value is -0.450. The van der Waals surface area contributed by atoms with E-state index >= 15 is 0 Å². The zero-order valence-electron chi connectivity index (χ0n) is 7.31. The minimum atomic E-state index is -0.719. The maximum Gasteiger partial charge on any atom is 0.191 e. The molecule has 0 amide bonds. The lowest BCUT2D eigenvalue weighted by atomic mass is 10.1. The number of hydrogen-bond acceptors (Lipinski definition) is 2. The van der Waals surface area contributed by atoms with E-state index in [0.29, 0.717) is 4.47 Å². The average Bonchev–Trinajstić information content (AvgIpc) is 2.15. The van der Waals surface area contributed by atoms with E-state index in [4.69, 9.17) is 11.6 Å². The van der Waals surface area contributed by atoms with Crippen molar-refractivity contribution < 1.29 is 13.9 Å². The van der Waals surface area contributed by atoms with Crippen LogP contribution in [0.2, 0.25) is 5.02 Å². The van der Waals surface area contributed by atoms with Gasteiger partial charge in [-0.3, -0.25) is 4.79 Å². The molecule has 0 unspecified atom stereocenters. The molecule has 0 heterocycles. The SMILES string of the molecule is COCC(=O)c1ccc(Br)c(Cl)c1F. The lowest BCUT2D eigenvalue weighted by Gasteiger charge is -2.04. The molecule has 0 N–H and O–H groups in total. The minimum Gasteiger partial charge on any atom is -0.377 e. The standard InChI is InChI=1S/C9H7BrClFO2/c1-14-4-7(13)5-2-3-6(10)8(11)9(5)12/h2-3H,4H2,1H3. The van der Waals surface area contributed by atoms with Crippen LogP contribution in [0.15, 0.2) is 16.6 Å². The molecule has 1 rings (SSSR count). The first-order chi connectivity index (χ1) is 6.57. The molecule has 0 saturated carbocycles. The van der Waals surface area contributed by atoms with Crippen LogP contribution in [0.1, 0.15) is 10.4 Å². The highest BCUT2D eigenvalue weighted by atomic mass is 79.9. The predicted octanol–water partition coefficient (Wildman–Crippen LogP) is 3.07. The molecular formula is C9H7BrClFO2. The van der Waals surface area contributed by atoms with Crippen molar-refractivity contribution in [2.75, 3.05) is 13.7 Å². The summed E-state index contributed by atoms with van der Waals surface area (Å²) in [6.45, 7) is -0.158. The number of rotatable bonds is 3. The molecule has 2 nitrogen and oxygen atoms in total. The van der Waals surface area contributed by atoms with E-state index < -0.39 is 11.6 Å². The highest BCUT2D eigenvalue weighted by Gasteiger charge is 2.15. The molecule has 0 atom stereocenters. The zero-order valence-corrected chi connectivity index (χ0v) is 9.65. The molecule has 0 spiro atoms. The van der Waals surface area contributed by atoms with Crippen molar-refractivity contribution in [2.24, 2.45) is 0 Å². The first-order valence-corrected chi connectivity index (χ1v) is 4.90. The summed E-state index contributed by atoms with van der Waals surface area (Å²) in [6.07, 6.45) is 0. The molecule has 0 aliphatic carbocycles. The summed E-state index contributed by atoms with van der Waals surface area (Å²) in [7, 11) is 1.37. The van der Waals surface area contributed by atoms with E-state index in [2.05, 4.69) is 20.7 Å². The molecule has 0 aliphatic rings. The molecule has 0 aliphatic heterocycles. The Morgan fingerprint density at radius 2 is 2.29 bits per heavy atom. The van der Waals surface area contributed by atoms with Crippen molar-refractivity contribution in [1.82, 2.24) is 0 Å². The number of Topliss-reactive ketones (excluding diaryl/α,β-unsaturated/α-hetero) is 1. The van der Waals surface area contributed by atoms with E-state index in [1.165, 1.54) is 19.2 Å². The Labute approximate surface area is 94.1 Å². The molecule has 0 bridgehead atoms. The normalized spacial score (nSPS) is 10.3. The van der Waals surface area contributed by atoms with E-state index in [1.807, 2.05) is 0 Å². The second-order valence-electron chi connectivity index (χ2n) is 2.58. The number of benzene rings is 1. The van der Waals surface area contributed by atoms with Gasteiger partial charge in [-0.2, -0.15) is 0 Å². The Morgan fingerprint density at radius 1 is 1.64 bits per heavy atom. The number of halogens is 3. The highest BCUT2D eigenvalue weighted by molar-refractivity contribution is 9.10. The molecular weight excluding hydrogens is 274 g/mol. The van der Waals surface area contributed by atoms with Crippen molar-refractivity contribution in [1.29, 1.82) is 0 Å². The van der Waals surface area contributed by atoms with Crippen LogP contribution in [0, 0.1) is 5.82 Å². The summed E-state index contributed by atoms with van der Waals surface area (Å²) in [4.78, 5) is 11.3. The highest BCUT2D eigenvalue weighted by Crippen LogP contribution is 2.27. The van der Waals surface area contributed by atoms with Crippen LogP contribution in [0.4, 0.5) is 4.39 Å². The van der Waals surface area contributed by atoms with Crippen LogP contribution in [0.5, 0.6) is 0 Å². The Balaban J connectivity index is 3.11. The van der Waals surface area contributed by atoms with Gasteiger partial charge in [0.05, 0.1) is 10.6 Å². The summed E-state index contributed by atoms with van der Waals surface area (Å²) in [6, 6.07) is 2.89. The molecule has 1 aromatic carbocycles. The Morgan fingerprint density at radius 3 is 2.86 bits per heavy atom. The number of carbonyl (C=O) groups excluding carboxylic acids is 1. The molecule has 0 fully saturated rings. The van der Waals surface area contributed by atoms with Crippen LogP contribution in [-0.4, -0.2) is 19.5 Å². The molecule has 14 heavy (non-hydrogen) atoms. The van der Waals surface area contributed by atoms with Crippen molar-refractivity contribution in [3.63, 3.8) is 0 Å². The van der Waals surface area contributed by atoms with E-state index in [0.717, 1.165) is 0 Å². The van der Waals surface area contributed by atoms with Crippen LogP contribution >= 0.6 is 27.5 Å². The van der Waals surface area contributed by atoms with Gasteiger partial charge in [0.2, 0.25) is 0 Å². The molecule has 0 radical (unpaired) electrons. The van der Waals surface area contributed by atoms with Gasteiger partial charge in [-0.05, 0) is 28.1 Å². The summed E-state index contributed by atoms with van der Waals surface area (Å²) in [5, 5.41) is -0.0908. The number of methoxy groups -OCH3 is 1. The van der Waals surface area contributed by atoms with Crippen molar-refractivity contribution in [3.8, 4) is 0 Å². The minimum absolute atomic E-state index is 0.0555. The zero-order chi connectivity index (χ0) is 10.7. The Bertz CT molecular complexity index is 368. The van der Waals surface area contributed by atoms with Gasteiger partial charge in [-0.25, -0.2) is 4.39 Å². The van der Waals surface area contributed by atoms with Gasteiger partial charge in [0.1, 0.15) is 6.61 Å². The van der Waals surface area contributed by atoms with E-state index in [9.17, 15) is 9.18 Å². The molecule has 76 valence electrons. The summed E-state index contributed by atoms with van der Waals surface area (Å²) >= 11 is 8.67. The van der Waals surface area contributed by atoms with Crippen LogP contribution in [0.3, 0.4) is 0 Å². The fourth-order valence-electron chi connectivity index (χ4n) is 0.950. The molecule has 5 heteroatoms. The van der Waals surface area contributed by atoms with Crippen LogP contribution in [-0.2, 0) is 4.74 Å². The summed E-state index contributed by atoms with van der Waals surface area (Å²) in [5.74, 6) is -1.15. The Kier molecular flexibility index (Phi) is 4.04. The van der Waals surface area contributed by atoms with Crippen molar-refractivity contribution in [3.05, 3.63) is 33.0 Å². The van der Waals surface area contributed by atoms with Gasteiger partial charge < -0.3 is 4.74 Å². The van der Waals surface area contributed by atoms with Gasteiger partial charge in [-0.15, -0.1) is 0 Å². The van der Waals surface area contributed by atoms with Gasteiger partial charge in [-0.1, -0.05) is 11.6 Å². The maximum atomic E-state index is 13.4. The number of hydrogen-bond donors (Lipinski definition) is 0. The third kappa shape index (κ3) is 2.32. The summed E-state index contributed by atoms with van der Waals surface area (Å²) < 4.78 is 18.4. The quantitative estimate of drug-likeness (QED) is 0.629. The second-order valence-corrected chi connectivity index (χ2v) is 3.81. The predicted molar refractivity (Wildman–Crippen MR) is 55.3 cm³/mol.